The number of halogens is 2. The predicted molar refractivity (Wildman–Crippen MR) is 214 cm³/mol. The van der Waals surface area contributed by atoms with Crippen molar-refractivity contribution in [2.24, 2.45) is 0 Å². The fourth-order valence-corrected chi connectivity index (χ4v) is 9.28. The Morgan fingerprint density at radius 1 is 0.741 bits per heavy atom. The molecule has 3 fully saturated rings. The summed E-state index contributed by atoms with van der Waals surface area (Å²) in [5.74, 6) is -1.25. The predicted octanol–water partition coefficient (Wildman–Crippen LogP) is 8.34. The van der Waals surface area contributed by atoms with Crippen molar-refractivity contribution in [3.05, 3.63) is 90.9 Å². The van der Waals surface area contributed by atoms with Gasteiger partial charge in [-0.3, -0.25) is 9.59 Å². The van der Waals surface area contributed by atoms with Crippen molar-refractivity contribution in [2.45, 2.75) is 90.5 Å². The Morgan fingerprint density at radius 3 is 1.76 bits per heavy atom. The number of hydrogen-bond acceptors (Lipinski definition) is 9. The molecule has 0 spiro atoms. The van der Waals surface area contributed by atoms with Crippen LogP contribution in [0.15, 0.2) is 57.0 Å². The molecular weight excluding hydrogens is 727 g/mol. The quantitative estimate of drug-likeness (QED) is 0.142. The second-order valence-corrected chi connectivity index (χ2v) is 17.3. The third kappa shape index (κ3) is 5.36. The summed E-state index contributed by atoms with van der Waals surface area (Å²) in [6.45, 7) is 12.2. The molecule has 2 aliphatic carbocycles. The number of benzene rings is 3. The SMILES string of the molecule is Cc1c(-c2cc(F)c(N)cc2F)ccc2c3scnc3c(=O)n(C3CC3)c12.Cc1c(B2OC(C)(C)C(C)(C)O2)ccc2c3scnc3c(=O)n(C3CC3)c12. The lowest BCUT2D eigenvalue weighted by molar-refractivity contribution is 0.00578. The molecule has 14 heteroatoms. The molecule has 7 aromatic rings. The van der Waals surface area contributed by atoms with Crippen molar-refractivity contribution in [2.75, 3.05) is 5.73 Å². The van der Waals surface area contributed by atoms with Crippen LogP contribution in [0.3, 0.4) is 0 Å². The van der Waals surface area contributed by atoms with Gasteiger partial charge in [0.15, 0.2) is 0 Å². The number of aromatic nitrogens is 4. The maximum Gasteiger partial charge on any atom is 0.495 e. The Hall–Kier alpha value is -4.50. The zero-order chi connectivity index (χ0) is 38.0. The summed E-state index contributed by atoms with van der Waals surface area (Å²) in [6, 6.07) is 10.3. The number of hydrogen-bond donors (Lipinski definition) is 1. The molecule has 3 aliphatic rings. The third-order valence-corrected chi connectivity index (χ3v) is 13.3. The molecule has 54 heavy (non-hydrogen) atoms. The van der Waals surface area contributed by atoms with E-state index in [0.29, 0.717) is 16.6 Å². The van der Waals surface area contributed by atoms with Crippen LogP contribution in [0, 0.1) is 25.5 Å². The highest BCUT2D eigenvalue weighted by Gasteiger charge is 2.52. The molecular formula is C40H38BF2N5O4S2. The molecule has 2 saturated carbocycles. The minimum atomic E-state index is -0.664. The molecule has 0 unspecified atom stereocenters. The number of anilines is 1. The van der Waals surface area contributed by atoms with E-state index in [1.54, 1.807) is 21.7 Å². The molecule has 276 valence electrons. The van der Waals surface area contributed by atoms with Crippen LogP contribution < -0.4 is 22.3 Å². The molecule has 0 radical (unpaired) electrons. The number of nitrogens with two attached hydrogens (primary N) is 1. The molecule has 10 rings (SSSR count). The van der Waals surface area contributed by atoms with E-state index >= 15 is 0 Å². The normalized spacial score (nSPS) is 17.9. The van der Waals surface area contributed by atoms with E-state index in [-0.39, 0.29) is 34.5 Å². The largest absolute Gasteiger partial charge is 0.495 e. The Labute approximate surface area is 317 Å². The number of rotatable bonds is 4. The number of nitrogen functional groups attached to an aromatic ring is 1. The van der Waals surface area contributed by atoms with Gasteiger partial charge in [0.05, 0.1) is 48.3 Å². The number of nitrogens with zero attached hydrogens (tertiary/aromatic N) is 4. The highest BCUT2D eigenvalue weighted by Crippen LogP contribution is 2.43. The minimum absolute atomic E-state index is 0.0235. The summed E-state index contributed by atoms with van der Waals surface area (Å²) in [7, 11) is -0.431. The summed E-state index contributed by atoms with van der Waals surface area (Å²) in [5, 5.41) is 2.01. The van der Waals surface area contributed by atoms with Crippen LogP contribution in [0.5, 0.6) is 0 Å². The Kier molecular flexibility index (Phi) is 7.99. The van der Waals surface area contributed by atoms with Gasteiger partial charge in [0.1, 0.15) is 22.7 Å². The van der Waals surface area contributed by atoms with Crippen molar-refractivity contribution in [1.29, 1.82) is 0 Å². The van der Waals surface area contributed by atoms with Crippen LogP contribution in [-0.4, -0.2) is 37.4 Å². The number of fused-ring (bicyclic) bond motifs is 6. The van der Waals surface area contributed by atoms with Crippen LogP contribution in [0.25, 0.3) is 53.4 Å². The highest BCUT2D eigenvalue weighted by atomic mass is 32.1. The first-order valence-electron chi connectivity index (χ1n) is 18.1. The van der Waals surface area contributed by atoms with Gasteiger partial charge in [-0.15, -0.1) is 22.7 Å². The van der Waals surface area contributed by atoms with Gasteiger partial charge >= 0.3 is 7.12 Å². The molecule has 1 saturated heterocycles. The molecule has 0 amide bonds. The van der Waals surface area contributed by atoms with Crippen molar-refractivity contribution < 1.29 is 18.1 Å². The average molecular weight is 766 g/mol. The fraction of sp³-hybridized carbons (Fsp3) is 0.350. The fourth-order valence-electron chi connectivity index (χ4n) is 7.66. The van der Waals surface area contributed by atoms with E-state index in [1.807, 2.05) is 17.6 Å². The first-order valence-corrected chi connectivity index (χ1v) is 19.9. The van der Waals surface area contributed by atoms with Crippen LogP contribution >= 0.6 is 22.7 Å². The van der Waals surface area contributed by atoms with Crippen LogP contribution in [0.4, 0.5) is 14.5 Å². The standard InChI is InChI=1S/C20H23BN2O3S.C20H15F2N3OS/c1-11-14(21-25-19(2,3)20(4,5)26-21)9-8-13-16(11)23(12-6-7-12)18(24)15-17(13)27-10-22-15;1-9-11(13-6-15(22)16(23)7-14(13)21)4-5-12-18(9)25(10-2-3-10)20(26)17-19(12)27-8-24-17/h8-10,12H,6-7H2,1-5H3;4-8,10H,2-3,23H2,1H3. The first-order chi connectivity index (χ1) is 25.7. The Balaban J connectivity index is 0.000000142. The van der Waals surface area contributed by atoms with E-state index in [2.05, 4.69) is 56.7 Å². The van der Waals surface area contributed by atoms with E-state index in [9.17, 15) is 18.4 Å². The van der Waals surface area contributed by atoms with Crippen LogP contribution in [-0.2, 0) is 9.31 Å². The Morgan fingerprint density at radius 2 is 1.24 bits per heavy atom. The molecule has 5 heterocycles. The molecule has 4 aromatic heterocycles. The molecule has 0 atom stereocenters. The molecule has 1 aliphatic heterocycles. The van der Waals surface area contributed by atoms with Gasteiger partial charge in [-0.2, -0.15) is 0 Å². The summed E-state index contributed by atoms with van der Waals surface area (Å²) in [4.78, 5) is 34.7. The zero-order valence-electron chi connectivity index (χ0n) is 30.8. The maximum absolute atomic E-state index is 14.5. The van der Waals surface area contributed by atoms with Gasteiger partial charge in [0.2, 0.25) is 0 Å². The summed E-state index contributed by atoms with van der Waals surface area (Å²) in [5.41, 5.74) is 14.1. The van der Waals surface area contributed by atoms with E-state index in [4.69, 9.17) is 15.0 Å². The lowest BCUT2D eigenvalue weighted by Gasteiger charge is -2.32. The monoisotopic (exact) mass is 765 g/mol. The second kappa shape index (κ2) is 12.3. The van der Waals surface area contributed by atoms with Gasteiger partial charge in [-0.1, -0.05) is 24.3 Å². The lowest BCUT2D eigenvalue weighted by atomic mass is 9.75. The summed E-state index contributed by atoms with van der Waals surface area (Å²) in [6.07, 6.45) is 3.95. The van der Waals surface area contributed by atoms with Crippen molar-refractivity contribution in [3.63, 3.8) is 0 Å². The van der Waals surface area contributed by atoms with Gasteiger partial charge in [0, 0.05) is 34.5 Å². The molecule has 3 aromatic carbocycles. The second-order valence-electron chi connectivity index (χ2n) is 15.6. The average Bonchev–Trinajstić information content (AvgIpc) is 4.01. The molecule has 9 nitrogen and oxygen atoms in total. The molecule has 0 bridgehead atoms. The number of pyridine rings is 2. The lowest BCUT2D eigenvalue weighted by Crippen LogP contribution is -2.41. The Bertz CT molecular complexity index is 2820. The van der Waals surface area contributed by atoms with Crippen molar-refractivity contribution in [1.82, 2.24) is 19.1 Å². The van der Waals surface area contributed by atoms with Crippen LogP contribution in [0.1, 0.15) is 76.6 Å². The van der Waals surface area contributed by atoms with E-state index < -0.39 is 30.0 Å². The zero-order valence-corrected chi connectivity index (χ0v) is 32.4. The third-order valence-electron chi connectivity index (χ3n) is 11.6. The van der Waals surface area contributed by atoms with Crippen LogP contribution in [0.2, 0.25) is 0 Å². The summed E-state index contributed by atoms with van der Waals surface area (Å²) < 4.78 is 46.6. The van der Waals surface area contributed by atoms with Gasteiger partial charge in [0.25, 0.3) is 11.1 Å². The molecule has 2 N–H and O–H groups in total. The number of thiazole rings is 2. The van der Waals surface area contributed by atoms with Gasteiger partial charge in [-0.25, -0.2) is 18.7 Å². The topological polar surface area (TPSA) is 114 Å². The first kappa shape index (κ1) is 35.2. The van der Waals surface area contributed by atoms with Gasteiger partial charge in [-0.05, 0) is 95.4 Å². The minimum Gasteiger partial charge on any atom is -0.399 e. The van der Waals surface area contributed by atoms with Gasteiger partial charge < -0.3 is 24.2 Å². The summed E-state index contributed by atoms with van der Waals surface area (Å²) >= 11 is 2.95. The highest BCUT2D eigenvalue weighted by molar-refractivity contribution is 7.18. The van der Waals surface area contributed by atoms with E-state index in [0.717, 1.165) is 85.6 Å². The number of aryl methyl sites for hydroxylation is 2. The van der Waals surface area contributed by atoms with Crippen molar-refractivity contribution >= 4 is 83.2 Å². The smallest absolute Gasteiger partial charge is 0.399 e. The van der Waals surface area contributed by atoms with E-state index in [1.165, 1.54) is 22.7 Å². The van der Waals surface area contributed by atoms with Crippen molar-refractivity contribution in [3.8, 4) is 11.1 Å². The maximum atomic E-state index is 14.5.